The molecule has 0 spiro atoms. The van der Waals surface area contributed by atoms with Crippen molar-refractivity contribution in [2.45, 2.75) is 33.1 Å². The van der Waals surface area contributed by atoms with Crippen molar-refractivity contribution >= 4 is 0 Å². The van der Waals surface area contributed by atoms with Gasteiger partial charge in [0.15, 0.2) is 0 Å². The summed E-state index contributed by atoms with van der Waals surface area (Å²) in [6, 6.07) is 0. The Hall–Kier alpha value is -0.720. The fraction of sp³-hybridized carbons (Fsp3) is 0.636. The Morgan fingerprint density at radius 1 is 1.50 bits per heavy atom. The van der Waals surface area contributed by atoms with Gasteiger partial charge < -0.3 is 4.98 Å². The van der Waals surface area contributed by atoms with Gasteiger partial charge in [0.05, 0.1) is 0 Å². The van der Waals surface area contributed by atoms with Crippen LogP contribution in [0.5, 0.6) is 0 Å². The van der Waals surface area contributed by atoms with Crippen LogP contribution in [-0.2, 0) is 6.42 Å². The predicted molar refractivity (Wildman–Crippen MR) is 49.2 cm³/mol. The fourth-order valence-electron chi connectivity index (χ4n) is 3.11. The van der Waals surface area contributed by atoms with Crippen LogP contribution in [0.2, 0.25) is 0 Å². The Bertz CT molecular complexity index is 346. The molecule has 2 aliphatic rings. The Balaban J connectivity index is 2.14. The standard InChI is InChI=1S/C11H15N/c1-6-5-12-8-4-7-10(9(6)8)11(7,2)3/h5,7,10,12H,4H2,1-3H3. The van der Waals surface area contributed by atoms with Crippen molar-refractivity contribution in [1.29, 1.82) is 0 Å². The summed E-state index contributed by atoms with van der Waals surface area (Å²) < 4.78 is 0. The molecule has 3 rings (SSSR count). The van der Waals surface area contributed by atoms with Gasteiger partial charge in [-0.1, -0.05) is 13.8 Å². The summed E-state index contributed by atoms with van der Waals surface area (Å²) in [6.07, 6.45) is 3.45. The third-order valence-electron chi connectivity index (χ3n) is 4.00. The molecular weight excluding hydrogens is 146 g/mol. The van der Waals surface area contributed by atoms with Gasteiger partial charge in [0.25, 0.3) is 0 Å². The van der Waals surface area contributed by atoms with E-state index in [1.54, 1.807) is 5.56 Å². The zero-order valence-electron chi connectivity index (χ0n) is 7.94. The fourth-order valence-corrected chi connectivity index (χ4v) is 3.11. The van der Waals surface area contributed by atoms with Crippen LogP contribution in [0.1, 0.15) is 36.6 Å². The van der Waals surface area contributed by atoms with Crippen molar-refractivity contribution < 1.29 is 0 Å². The minimum absolute atomic E-state index is 0.597. The van der Waals surface area contributed by atoms with E-state index < -0.39 is 0 Å². The number of rotatable bonds is 0. The quantitative estimate of drug-likeness (QED) is 0.602. The maximum atomic E-state index is 3.38. The third kappa shape index (κ3) is 0.541. The normalized spacial score (nSPS) is 34.6. The number of aromatic amines is 1. The van der Waals surface area contributed by atoms with E-state index in [1.807, 2.05) is 0 Å². The van der Waals surface area contributed by atoms with Crippen LogP contribution >= 0.6 is 0 Å². The van der Waals surface area contributed by atoms with Crippen LogP contribution < -0.4 is 0 Å². The largest absolute Gasteiger partial charge is 0.364 e. The summed E-state index contributed by atoms with van der Waals surface area (Å²) in [5.74, 6) is 1.82. The van der Waals surface area contributed by atoms with Crippen molar-refractivity contribution in [2.24, 2.45) is 11.3 Å². The molecule has 0 aromatic carbocycles. The highest BCUT2D eigenvalue weighted by Gasteiger charge is 2.62. The lowest BCUT2D eigenvalue weighted by Gasteiger charge is -2.07. The molecule has 1 heterocycles. The van der Waals surface area contributed by atoms with Gasteiger partial charge in [-0.25, -0.2) is 0 Å². The monoisotopic (exact) mass is 161 g/mol. The van der Waals surface area contributed by atoms with Crippen molar-refractivity contribution in [2.75, 3.05) is 0 Å². The van der Waals surface area contributed by atoms with Gasteiger partial charge in [-0.05, 0) is 41.7 Å². The molecule has 1 aromatic rings. The van der Waals surface area contributed by atoms with Gasteiger partial charge in [0.1, 0.15) is 0 Å². The lowest BCUT2D eigenvalue weighted by molar-refractivity contribution is 0.537. The van der Waals surface area contributed by atoms with Crippen LogP contribution in [0.15, 0.2) is 6.20 Å². The van der Waals surface area contributed by atoms with Gasteiger partial charge in [0, 0.05) is 11.9 Å². The lowest BCUT2D eigenvalue weighted by atomic mass is 9.98. The molecule has 64 valence electrons. The SMILES string of the molecule is Cc1c[nH]c2c1C1C(C2)C1(C)C. The number of hydrogen-bond donors (Lipinski definition) is 1. The average Bonchev–Trinajstić information content (AvgIpc) is 2.41. The third-order valence-corrected chi connectivity index (χ3v) is 4.00. The molecule has 1 heteroatoms. The second-order valence-corrected chi connectivity index (χ2v) is 4.97. The number of H-pyrrole nitrogens is 1. The van der Waals surface area contributed by atoms with Gasteiger partial charge in [0.2, 0.25) is 0 Å². The molecule has 1 aromatic heterocycles. The number of aromatic nitrogens is 1. The van der Waals surface area contributed by atoms with Crippen LogP contribution in [0.25, 0.3) is 0 Å². The van der Waals surface area contributed by atoms with Crippen molar-refractivity contribution in [3.8, 4) is 0 Å². The van der Waals surface area contributed by atoms with Crippen LogP contribution in [0.3, 0.4) is 0 Å². The zero-order valence-corrected chi connectivity index (χ0v) is 7.94. The summed E-state index contributed by atoms with van der Waals surface area (Å²) in [5.41, 5.74) is 5.23. The Kier molecular flexibility index (Phi) is 0.920. The molecule has 2 unspecified atom stereocenters. The molecule has 0 radical (unpaired) electrons. The Labute approximate surface area is 73.2 Å². The lowest BCUT2D eigenvalue weighted by Crippen LogP contribution is -1.99. The summed E-state index contributed by atoms with van der Waals surface area (Å²) in [4.78, 5) is 3.38. The first-order valence-corrected chi connectivity index (χ1v) is 4.79. The predicted octanol–water partition coefficient (Wildman–Crippen LogP) is 2.62. The highest BCUT2D eigenvalue weighted by Crippen LogP contribution is 2.70. The van der Waals surface area contributed by atoms with Crippen molar-refractivity contribution in [3.05, 3.63) is 23.0 Å². The van der Waals surface area contributed by atoms with Gasteiger partial charge in [-0.15, -0.1) is 0 Å². The molecule has 0 aliphatic heterocycles. The maximum Gasteiger partial charge on any atom is 0.0188 e. The van der Waals surface area contributed by atoms with E-state index in [-0.39, 0.29) is 0 Å². The Morgan fingerprint density at radius 2 is 2.25 bits per heavy atom. The molecule has 1 fully saturated rings. The van der Waals surface area contributed by atoms with E-state index in [4.69, 9.17) is 0 Å². The van der Waals surface area contributed by atoms with Gasteiger partial charge in [-0.3, -0.25) is 0 Å². The Morgan fingerprint density at radius 3 is 3.00 bits per heavy atom. The highest BCUT2D eigenvalue weighted by atomic mass is 14.8. The second kappa shape index (κ2) is 1.63. The minimum Gasteiger partial charge on any atom is -0.364 e. The average molecular weight is 161 g/mol. The number of nitrogens with one attached hydrogen (secondary N) is 1. The number of aryl methyl sites for hydroxylation is 1. The maximum absolute atomic E-state index is 3.38. The van der Waals surface area contributed by atoms with Crippen LogP contribution in [0.4, 0.5) is 0 Å². The van der Waals surface area contributed by atoms with Crippen molar-refractivity contribution in [3.63, 3.8) is 0 Å². The van der Waals surface area contributed by atoms with E-state index in [1.165, 1.54) is 17.7 Å². The minimum atomic E-state index is 0.597. The molecule has 1 N–H and O–H groups in total. The molecule has 1 nitrogen and oxygen atoms in total. The molecule has 2 atom stereocenters. The second-order valence-electron chi connectivity index (χ2n) is 4.97. The summed E-state index contributed by atoms with van der Waals surface area (Å²) in [5, 5.41) is 0. The smallest absolute Gasteiger partial charge is 0.0188 e. The molecular formula is C11H15N. The zero-order chi connectivity index (χ0) is 8.51. The van der Waals surface area contributed by atoms with Gasteiger partial charge >= 0.3 is 0 Å². The first-order chi connectivity index (χ1) is 5.62. The summed E-state index contributed by atoms with van der Waals surface area (Å²) >= 11 is 0. The first kappa shape index (κ1) is 6.76. The van der Waals surface area contributed by atoms with E-state index in [0.717, 1.165) is 11.8 Å². The number of fused-ring (bicyclic) bond motifs is 3. The molecule has 0 saturated heterocycles. The van der Waals surface area contributed by atoms with E-state index >= 15 is 0 Å². The molecule has 12 heavy (non-hydrogen) atoms. The molecule has 0 bridgehead atoms. The van der Waals surface area contributed by atoms with E-state index in [2.05, 4.69) is 32.0 Å². The highest BCUT2D eigenvalue weighted by molar-refractivity contribution is 5.47. The number of hydrogen-bond acceptors (Lipinski definition) is 0. The topological polar surface area (TPSA) is 15.8 Å². The van der Waals surface area contributed by atoms with Crippen LogP contribution in [-0.4, -0.2) is 4.98 Å². The molecule has 2 aliphatic carbocycles. The van der Waals surface area contributed by atoms with Gasteiger partial charge in [-0.2, -0.15) is 0 Å². The van der Waals surface area contributed by atoms with E-state index in [0.29, 0.717) is 5.41 Å². The summed E-state index contributed by atoms with van der Waals surface area (Å²) in [7, 11) is 0. The molecule has 0 amide bonds. The van der Waals surface area contributed by atoms with Crippen molar-refractivity contribution in [1.82, 2.24) is 4.98 Å². The van der Waals surface area contributed by atoms with Crippen LogP contribution in [0, 0.1) is 18.3 Å². The first-order valence-electron chi connectivity index (χ1n) is 4.79. The van der Waals surface area contributed by atoms with E-state index in [9.17, 15) is 0 Å². The summed E-state index contributed by atoms with van der Waals surface area (Å²) in [6.45, 7) is 7.03. The molecule has 1 saturated carbocycles.